The normalized spacial score (nSPS) is 9.87. The van der Waals surface area contributed by atoms with Crippen LogP contribution >= 0.6 is 0 Å². The molecule has 0 radical (unpaired) electrons. The molecule has 0 saturated carbocycles. The Kier molecular flexibility index (Phi) is 5.19. The molecule has 0 aliphatic carbocycles. The van der Waals surface area contributed by atoms with Crippen LogP contribution in [0.15, 0.2) is 42.5 Å². The Morgan fingerprint density at radius 1 is 0.957 bits per heavy atom. The highest BCUT2D eigenvalue weighted by molar-refractivity contribution is 5.91. The summed E-state index contributed by atoms with van der Waals surface area (Å²) in [4.78, 5) is 31.9. The fourth-order valence-electron chi connectivity index (χ4n) is 1.78. The van der Waals surface area contributed by atoms with E-state index < -0.39 is 11.9 Å². The molecule has 2 rings (SSSR count). The number of hydrogen-bond acceptors (Lipinski definition) is 6. The lowest BCUT2D eigenvalue weighted by Gasteiger charge is -2.09. The van der Waals surface area contributed by atoms with Crippen LogP contribution in [0.5, 0.6) is 17.2 Å². The molecule has 0 saturated heterocycles. The molecule has 6 heteroatoms. The zero-order valence-corrected chi connectivity index (χ0v) is 13.0. The number of esters is 1. The van der Waals surface area contributed by atoms with E-state index in [1.54, 1.807) is 25.3 Å². The zero-order chi connectivity index (χ0) is 16.8. The van der Waals surface area contributed by atoms with Crippen molar-refractivity contribution >= 4 is 11.9 Å². The summed E-state index contributed by atoms with van der Waals surface area (Å²) in [6, 6.07) is 11.2. The van der Waals surface area contributed by atoms with Gasteiger partial charge in [0.25, 0.3) is 0 Å². The Balaban J connectivity index is 2.04. The Morgan fingerprint density at radius 2 is 1.61 bits per heavy atom. The number of rotatable bonds is 5. The first-order valence-corrected chi connectivity index (χ1v) is 6.81. The van der Waals surface area contributed by atoms with Gasteiger partial charge in [-0.05, 0) is 55.0 Å². The van der Waals surface area contributed by atoms with E-state index in [2.05, 4.69) is 4.89 Å². The van der Waals surface area contributed by atoms with E-state index in [1.165, 1.54) is 31.2 Å². The Morgan fingerprint density at radius 3 is 2.17 bits per heavy atom. The lowest BCUT2D eigenvalue weighted by Crippen LogP contribution is -2.09. The molecular formula is C17H16O6. The molecule has 0 aliphatic heterocycles. The van der Waals surface area contributed by atoms with Crippen molar-refractivity contribution in [2.45, 2.75) is 13.8 Å². The smallest absolute Gasteiger partial charge is 0.352 e. The van der Waals surface area contributed by atoms with E-state index in [0.29, 0.717) is 22.8 Å². The third-order valence-corrected chi connectivity index (χ3v) is 2.93. The van der Waals surface area contributed by atoms with Crippen LogP contribution in [-0.4, -0.2) is 19.0 Å². The van der Waals surface area contributed by atoms with Gasteiger partial charge in [0.05, 0.1) is 12.7 Å². The van der Waals surface area contributed by atoms with Crippen molar-refractivity contribution in [2.75, 3.05) is 7.11 Å². The van der Waals surface area contributed by atoms with Crippen LogP contribution in [0.4, 0.5) is 0 Å². The first-order valence-electron chi connectivity index (χ1n) is 6.81. The Labute approximate surface area is 133 Å². The second-order valence-electron chi connectivity index (χ2n) is 4.70. The van der Waals surface area contributed by atoms with Gasteiger partial charge in [-0.15, -0.1) is 0 Å². The van der Waals surface area contributed by atoms with Gasteiger partial charge in [0.15, 0.2) is 5.75 Å². The predicted octanol–water partition coefficient (Wildman–Crippen LogP) is 3.08. The molecule has 120 valence electrons. The van der Waals surface area contributed by atoms with Crippen LogP contribution in [0.2, 0.25) is 0 Å². The molecule has 0 spiro atoms. The standard InChI is InChI=1S/C17H16O6/c1-11-10-15(20-3)8-9-16(11)21-17(19)13-4-6-14(7-5-13)23-22-12(2)18/h4-10H,1-3H3. The van der Waals surface area contributed by atoms with Crippen LogP contribution in [0.3, 0.4) is 0 Å². The fourth-order valence-corrected chi connectivity index (χ4v) is 1.78. The molecule has 0 aliphatic rings. The molecule has 0 bridgehead atoms. The van der Waals surface area contributed by atoms with Gasteiger partial charge < -0.3 is 9.47 Å². The van der Waals surface area contributed by atoms with Gasteiger partial charge in [-0.2, -0.15) is 0 Å². The average molecular weight is 316 g/mol. The highest BCUT2D eigenvalue weighted by atomic mass is 17.2. The molecule has 23 heavy (non-hydrogen) atoms. The van der Waals surface area contributed by atoms with Crippen LogP contribution in [0.1, 0.15) is 22.8 Å². The SMILES string of the molecule is COc1ccc(OC(=O)c2ccc(OOC(C)=O)cc2)c(C)c1. The fraction of sp³-hybridized carbons (Fsp3) is 0.176. The average Bonchev–Trinajstić information content (AvgIpc) is 2.55. The third kappa shape index (κ3) is 4.47. The highest BCUT2D eigenvalue weighted by Crippen LogP contribution is 2.24. The predicted molar refractivity (Wildman–Crippen MR) is 81.5 cm³/mol. The first-order chi connectivity index (χ1) is 11.0. The number of carbonyl (C=O) groups excluding carboxylic acids is 2. The van der Waals surface area contributed by atoms with Crippen molar-refractivity contribution in [1.82, 2.24) is 0 Å². The van der Waals surface area contributed by atoms with Crippen molar-refractivity contribution in [3.63, 3.8) is 0 Å². The summed E-state index contributed by atoms with van der Waals surface area (Å²) < 4.78 is 10.5. The van der Waals surface area contributed by atoms with Gasteiger partial charge in [-0.25, -0.2) is 9.59 Å². The van der Waals surface area contributed by atoms with Crippen LogP contribution in [0.25, 0.3) is 0 Å². The van der Waals surface area contributed by atoms with Gasteiger partial charge in [-0.1, -0.05) is 0 Å². The van der Waals surface area contributed by atoms with Gasteiger partial charge in [0.2, 0.25) is 0 Å². The van der Waals surface area contributed by atoms with E-state index in [9.17, 15) is 9.59 Å². The van der Waals surface area contributed by atoms with Gasteiger partial charge in [-0.3, -0.25) is 9.78 Å². The number of aryl methyl sites for hydroxylation is 1. The monoisotopic (exact) mass is 316 g/mol. The highest BCUT2D eigenvalue weighted by Gasteiger charge is 2.11. The third-order valence-electron chi connectivity index (χ3n) is 2.93. The molecule has 0 unspecified atom stereocenters. The molecule has 0 N–H and O–H groups in total. The molecule has 0 heterocycles. The first kappa shape index (κ1) is 16.4. The van der Waals surface area contributed by atoms with Crippen molar-refractivity contribution < 1.29 is 28.8 Å². The summed E-state index contributed by atoms with van der Waals surface area (Å²) >= 11 is 0. The van der Waals surface area contributed by atoms with E-state index in [-0.39, 0.29) is 0 Å². The van der Waals surface area contributed by atoms with Gasteiger partial charge in [0.1, 0.15) is 11.5 Å². The van der Waals surface area contributed by atoms with Crippen molar-refractivity contribution in [1.29, 1.82) is 0 Å². The quantitative estimate of drug-likeness (QED) is 0.365. The molecular weight excluding hydrogens is 300 g/mol. The lowest BCUT2D eigenvalue weighted by atomic mass is 10.2. The van der Waals surface area contributed by atoms with E-state index in [1.807, 2.05) is 6.92 Å². The Hall–Kier alpha value is -3.02. The van der Waals surface area contributed by atoms with Crippen molar-refractivity contribution in [3.05, 3.63) is 53.6 Å². The summed E-state index contributed by atoms with van der Waals surface area (Å²) in [5.41, 5.74) is 1.13. The van der Waals surface area contributed by atoms with Crippen LogP contribution in [0, 0.1) is 6.92 Å². The summed E-state index contributed by atoms with van der Waals surface area (Å²) in [6.07, 6.45) is 0. The molecule has 6 nitrogen and oxygen atoms in total. The second-order valence-corrected chi connectivity index (χ2v) is 4.70. The summed E-state index contributed by atoms with van der Waals surface area (Å²) in [6.45, 7) is 3.05. The number of carbonyl (C=O) groups is 2. The second kappa shape index (κ2) is 7.31. The summed E-state index contributed by atoms with van der Waals surface area (Å²) in [5, 5.41) is 0. The minimum Gasteiger partial charge on any atom is -0.497 e. The maximum Gasteiger partial charge on any atom is 0.352 e. The largest absolute Gasteiger partial charge is 0.497 e. The summed E-state index contributed by atoms with van der Waals surface area (Å²) in [7, 11) is 1.57. The van der Waals surface area contributed by atoms with Crippen LogP contribution in [-0.2, 0) is 9.68 Å². The van der Waals surface area contributed by atoms with E-state index >= 15 is 0 Å². The molecule has 0 atom stereocenters. The van der Waals surface area contributed by atoms with E-state index in [0.717, 1.165) is 5.56 Å². The summed E-state index contributed by atoms with van der Waals surface area (Å²) in [5.74, 6) is 0.378. The maximum atomic E-state index is 12.1. The zero-order valence-electron chi connectivity index (χ0n) is 13.0. The molecule has 0 fully saturated rings. The van der Waals surface area contributed by atoms with Crippen LogP contribution < -0.4 is 14.4 Å². The van der Waals surface area contributed by atoms with E-state index in [4.69, 9.17) is 14.4 Å². The minimum absolute atomic E-state index is 0.303. The molecule has 2 aromatic rings. The molecule has 2 aromatic carbocycles. The number of methoxy groups -OCH3 is 1. The van der Waals surface area contributed by atoms with Gasteiger partial charge in [0, 0.05) is 6.92 Å². The van der Waals surface area contributed by atoms with Crippen molar-refractivity contribution in [2.24, 2.45) is 0 Å². The maximum absolute atomic E-state index is 12.1. The lowest BCUT2D eigenvalue weighted by molar-refractivity contribution is -0.210. The Bertz CT molecular complexity index is 706. The molecule has 0 amide bonds. The van der Waals surface area contributed by atoms with Crippen molar-refractivity contribution in [3.8, 4) is 17.2 Å². The van der Waals surface area contributed by atoms with Gasteiger partial charge >= 0.3 is 11.9 Å². The topological polar surface area (TPSA) is 71.1 Å². The number of hydrogen-bond donors (Lipinski definition) is 0. The molecule has 0 aromatic heterocycles. The number of ether oxygens (including phenoxy) is 2. The minimum atomic E-state index is -0.566. The number of benzene rings is 2.